The molecule has 0 aliphatic heterocycles. The third kappa shape index (κ3) is 4.31. The van der Waals surface area contributed by atoms with Gasteiger partial charge in [0, 0.05) is 23.6 Å². The van der Waals surface area contributed by atoms with Crippen LogP contribution in [-0.2, 0) is 4.79 Å². The fourth-order valence-electron chi connectivity index (χ4n) is 4.31. The number of nitrogens with one attached hydrogen (secondary N) is 1. The second-order valence-electron chi connectivity index (χ2n) is 9.06. The van der Waals surface area contributed by atoms with Crippen molar-refractivity contribution in [1.29, 1.82) is 0 Å². The van der Waals surface area contributed by atoms with Crippen molar-refractivity contribution in [2.45, 2.75) is 52.9 Å². The Kier molecular flexibility index (Phi) is 5.77. The minimum Gasteiger partial charge on any atom is -0.511 e. The number of aliphatic hydroxyl groups is 1. The van der Waals surface area contributed by atoms with E-state index >= 15 is 0 Å². The first-order valence-electron chi connectivity index (χ1n) is 11.0. The second kappa shape index (κ2) is 8.50. The number of aromatic nitrogens is 1. The smallest absolute Gasteiger partial charge is 0.168 e. The molecule has 0 unspecified atom stereocenters. The highest BCUT2D eigenvalue weighted by Gasteiger charge is 2.35. The Hall–Kier alpha value is -3.21. The van der Waals surface area contributed by atoms with E-state index in [1.54, 1.807) is 0 Å². The molecule has 0 saturated heterocycles. The summed E-state index contributed by atoms with van der Waals surface area (Å²) in [5, 5.41) is 18.5. The van der Waals surface area contributed by atoms with Crippen LogP contribution in [0.3, 0.4) is 0 Å². The van der Waals surface area contributed by atoms with E-state index < -0.39 is 0 Å². The van der Waals surface area contributed by atoms with Crippen LogP contribution in [0.1, 0.15) is 52.9 Å². The number of ketones is 1. The molecule has 31 heavy (non-hydrogen) atoms. The number of anilines is 1. The van der Waals surface area contributed by atoms with Crippen LogP contribution in [0, 0.1) is 5.41 Å². The lowest BCUT2D eigenvalue weighted by Crippen LogP contribution is -2.29. The number of Topliss-reactive ketones (excluding diaryl/α,β-unsaturated/α-hetero) is 1. The number of pyridine rings is 1. The number of carbonyl (C=O) groups excluding carboxylic acids is 1. The highest BCUT2D eigenvalue weighted by molar-refractivity contribution is 6.23. The number of benzene rings is 2. The van der Waals surface area contributed by atoms with Gasteiger partial charge in [0.05, 0.1) is 16.8 Å². The number of hydrogen-bond donors (Lipinski definition) is 2. The first-order chi connectivity index (χ1) is 14.9. The van der Waals surface area contributed by atoms with E-state index in [1.807, 2.05) is 50.2 Å². The number of hydrogen-bond acceptors (Lipinski definition) is 5. The molecule has 0 atom stereocenters. The molecular weight excluding hydrogens is 386 g/mol. The van der Waals surface area contributed by atoms with Crippen molar-refractivity contribution in [3.63, 3.8) is 0 Å². The maximum absolute atomic E-state index is 12.9. The van der Waals surface area contributed by atoms with Gasteiger partial charge < -0.3 is 5.11 Å². The van der Waals surface area contributed by atoms with E-state index in [1.165, 1.54) is 0 Å². The maximum atomic E-state index is 12.9. The molecule has 0 saturated carbocycles. The zero-order valence-electron chi connectivity index (χ0n) is 18.4. The van der Waals surface area contributed by atoms with Crippen molar-refractivity contribution in [3.8, 4) is 0 Å². The predicted molar refractivity (Wildman–Crippen MR) is 128 cm³/mol. The van der Waals surface area contributed by atoms with Gasteiger partial charge in [-0.05, 0) is 29.7 Å². The average molecular weight is 416 g/mol. The van der Waals surface area contributed by atoms with Crippen LogP contribution >= 0.6 is 0 Å². The molecule has 1 aliphatic carbocycles. The molecular formula is C26H29N3O2. The minimum atomic E-state index is -0.232. The summed E-state index contributed by atoms with van der Waals surface area (Å²) in [5.74, 6) is 0.753. The first-order valence-corrected chi connectivity index (χ1v) is 11.0. The van der Waals surface area contributed by atoms with Crippen molar-refractivity contribution < 1.29 is 9.90 Å². The number of hydrazone groups is 1. The van der Waals surface area contributed by atoms with Gasteiger partial charge in [0.2, 0.25) is 0 Å². The summed E-state index contributed by atoms with van der Waals surface area (Å²) in [6.07, 6.45) is 3.38. The monoisotopic (exact) mass is 415 g/mol. The van der Waals surface area contributed by atoms with E-state index in [9.17, 15) is 9.90 Å². The summed E-state index contributed by atoms with van der Waals surface area (Å²) in [4.78, 5) is 17.7. The Bertz CT molecular complexity index is 1210. The van der Waals surface area contributed by atoms with Crippen molar-refractivity contribution in [1.82, 2.24) is 4.98 Å². The summed E-state index contributed by atoms with van der Waals surface area (Å²) in [6, 6.07) is 16.1. The fourth-order valence-corrected chi connectivity index (χ4v) is 4.31. The summed E-state index contributed by atoms with van der Waals surface area (Å²) in [7, 11) is 0. The Morgan fingerprint density at radius 2 is 1.74 bits per heavy atom. The highest BCUT2D eigenvalue weighted by atomic mass is 16.3. The maximum Gasteiger partial charge on any atom is 0.168 e. The van der Waals surface area contributed by atoms with E-state index in [-0.39, 0.29) is 17.0 Å². The van der Waals surface area contributed by atoms with E-state index in [0.717, 1.165) is 34.5 Å². The Morgan fingerprint density at radius 3 is 2.45 bits per heavy atom. The zero-order valence-corrected chi connectivity index (χ0v) is 18.4. The number of allylic oxidation sites excluding steroid dienone is 2. The van der Waals surface area contributed by atoms with Gasteiger partial charge in [-0.25, -0.2) is 4.98 Å². The fraction of sp³-hybridized carbons (Fsp3) is 0.346. The van der Waals surface area contributed by atoms with Gasteiger partial charge >= 0.3 is 0 Å². The Morgan fingerprint density at radius 1 is 1.06 bits per heavy atom. The number of unbranched alkanes of at least 4 members (excludes halogenated alkanes) is 1. The third-order valence-electron chi connectivity index (χ3n) is 5.81. The molecule has 2 N–H and O–H groups in total. The van der Waals surface area contributed by atoms with Crippen LogP contribution in [-0.4, -0.2) is 21.6 Å². The van der Waals surface area contributed by atoms with Crippen LogP contribution in [0.2, 0.25) is 0 Å². The SMILES string of the molecule is CCCC/C(=N/Nc1nc2ccccc2c2ccccc12)C1=C(O)CC(C)(C)CC1=O. The van der Waals surface area contributed by atoms with Crippen LogP contribution in [0.25, 0.3) is 21.7 Å². The summed E-state index contributed by atoms with van der Waals surface area (Å²) in [6.45, 7) is 6.11. The molecule has 1 aromatic heterocycles. The van der Waals surface area contributed by atoms with Crippen LogP contribution in [0.4, 0.5) is 5.82 Å². The Balaban J connectivity index is 1.78. The number of aliphatic hydroxyl groups excluding tert-OH is 1. The number of nitrogens with zero attached hydrogens (tertiary/aromatic N) is 2. The van der Waals surface area contributed by atoms with Crippen molar-refractivity contribution in [2.24, 2.45) is 10.5 Å². The van der Waals surface area contributed by atoms with E-state index in [4.69, 9.17) is 4.98 Å². The predicted octanol–water partition coefficient (Wildman–Crippen LogP) is 6.55. The number of fused-ring (bicyclic) bond motifs is 3. The summed E-state index contributed by atoms with van der Waals surface area (Å²) >= 11 is 0. The van der Waals surface area contributed by atoms with Crippen LogP contribution in [0.15, 0.2) is 65.0 Å². The zero-order chi connectivity index (χ0) is 22.0. The molecule has 2 aromatic carbocycles. The molecule has 4 rings (SSSR count). The van der Waals surface area contributed by atoms with Gasteiger partial charge in [0.15, 0.2) is 11.6 Å². The van der Waals surface area contributed by atoms with Crippen molar-refractivity contribution >= 4 is 39.0 Å². The molecule has 3 aromatic rings. The molecule has 5 heteroatoms. The Labute approximate surface area is 182 Å². The second-order valence-corrected chi connectivity index (χ2v) is 9.06. The topological polar surface area (TPSA) is 74.6 Å². The molecule has 0 radical (unpaired) electrons. The first kappa shape index (κ1) is 21.0. The molecule has 0 bridgehead atoms. The number of carbonyl (C=O) groups is 1. The standard InChI is InChI=1S/C26H29N3O2/c1-4-5-13-21(24-22(30)15-26(2,3)16-23(24)31)28-29-25-19-12-7-6-10-17(19)18-11-8-9-14-20(18)27-25/h6-12,14,30H,4-5,13,15-16H2,1-3H3,(H,27,29)/b28-21-. The van der Waals surface area contributed by atoms with Gasteiger partial charge in [0.1, 0.15) is 5.76 Å². The third-order valence-corrected chi connectivity index (χ3v) is 5.81. The minimum absolute atomic E-state index is 0.0401. The largest absolute Gasteiger partial charge is 0.511 e. The van der Waals surface area contributed by atoms with E-state index in [0.29, 0.717) is 36.4 Å². The van der Waals surface area contributed by atoms with Crippen molar-refractivity contribution in [3.05, 3.63) is 59.9 Å². The normalized spacial score (nSPS) is 16.9. The number of para-hydroxylation sites is 1. The van der Waals surface area contributed by atoms with E-state index in [2.05, 4.69) is 29.6 Å². The number of rotatable bonds is 6. The van der Waals surface area contributed by atoms with Gasteiger partial charge in [-0.1, -0.05) is 69.7 Å². The highest BCUT2D eigenvalue weighted by Crippen LogP contribution is 2.37. The lowest BCUT2D eigenvalue weighted by atomic mass is 9.75. The lowest BCUT2D eigenvalue weighted by Gasteiger charge is -2.30. The van der Waals surface area contributed by atoms with Crippen LogP contribution in [0.5, 0.6) is 0 Å². The van der Waals surface area contributed by atoms with Crippen LogP contribution < -0.4 is 5.43 Å². The molecule has 0 fully saturated rings. The van der Waals surface area contributed by atoms with Gasteiger partial charge in [-0.15, -0.1) is 0 Å². The van der Waals surface area contributed by atoms with Gasteiger partial charge in [-0.2, -0.15) is 5.10 Å². The average Bonchev–Trinajstić information content (AvgIpc) is 2.73. The van der Waals surface area contributed by atoms with Crippen molar-refractivity contribution in [2.75, 3.05) is 5.43 Å². The lowest BCUT2D eigenvalue weighted by molar-refractivity contribution is -0.117. The molecule has 0 amide bonds. The molecule has 1 heterocycles. The molecule has 1 aliphatic rings. The van der Waals surface area contributed by atoms with Gasteiger partial charge in [-0.3, -0.25) is 10.2 Å². The summed E-state index contributed by atoms with van der Waals surface area (Å²) < 4.78 is 0. The summed E-state index contributed by atoms with van der Waals surface area (Å²) in [5.41, 5.74) is 4.77. The quantitative estimate of drug-likeness (QED) is 0.272. The molecule has 5 nitrogen and oxygen atoms in total. The molecule has 160 valence electrons. The van der Waals surface area contributed by atoms with Gasteiger partial charge in [0.25, 0.3) is 0 Å². The molecule has 0 spiro atoms.